The first-order valence-electron chi connectivity index (χ1n) is 11.2. The van der Waals surface area contributed by atoms with Crippen LogP contribution in [0.3, 0.4) is 0 Å². The highest BCUT2D eigenvalue weighted by molar-refractivity contribution is 5.79. The second-order valence-corrected chi connectivity index (χ2v) is 8.28. The van der Waals surface area contributed by atoms with Gasteiger partial charge in [0.1, 0.15) is 0 Å². The van der Waals surface area contributed by atoms with Crippen molar-refractivity contribution in [3.63, 3.8) is 0 Å². The molecule has 0 unspecified atom stereocenters. The lowest BCUT2D eigenvalue weighted by molar-refractivity contribution is -0.125. The molecule has 0 aliphatic carbocycles. The fourth-order valence-corrected chi connectivity index (χ4v) is 4.33. The van der Waals surface area contributed by atoms with E-state index in [1.807, 2.05) is 47.4 Å². The Kier molecular flexibility index (Phi) is 6.82. The van der Waals surface area contributed by atoms with Gasteiger partial charge >= 0.3 is 0 Å². The lowest BCUT2D eigenvalue weighted by Gasteiger charge is -2.32. The van der Waals surface area contributed by atoms with E-state index < -0.39 is 0 Å². The Morgan fingerprint density at radius 3 is 2.55 bits per heavy atom. The number of ether oxygens (including phenoxy) is 2. The van der Waals surface area contributed by atoms with Crippen LogP contribution in [0.15, 0.2) is 47.3 Å². The number of nitrogens with one attached hydrogen (secondary N) is 1. The van der Waals surface area contributed by atoms with Crippen LogP contribution in [-0.2, 0) is 18.3 Å². The van der Waals surface area contributed by atoms with Gasteiger partial charge in [-0.15, -0.1) is 0 Å². The van der Waals surface area contributed by atoms with Gasteiger partial charge in [0.05, 0.1) is 25.3 Å². The zero-order valence-corrected chi connectivity index (χ0v) is 19.3. The van der Waals surface area contributed by atoms with Crippen molar-refractivity contribution in [3.8, 4) is 11.5 Å². The minimum Gasteiger partial charge on any atom is -0.493 e. The highest BCUT2D eigenvalue weighted by Gasteiger charge is 2.27. The normalized spacial score (nSPS) is 14.3. The van der Waals surface area contributed by atoms with Crippen LogP contribution in [0.4, 0.5) is 5.82 Å². The number of amides is 1. The van der Waals surface area contributed by atoms with Crippen molar-refractivity contribution in [3.05, 3.63) is 58.4 Å². The second kappa shape index (κ2) is 9.94. The third kappa shape index (κ3) is 4.79. The summed E-state index contributed by atoms with van der Waals surface area (Å²) < 4.78 is 12.2. The van der Waals surface area contributed by atoms with Gasteiger partial charge in [0.2, 0.25) is 5.91 Å². The molecule has 1 aliphatic rings. The maximum Gasteiger partial charge on any atom is 0.293 e. The third-order valence-electron chi connectivity index (χ3n) is 6.29. The lowest BCUT2D eigenvalue weighted by atomic mass is 9.96. The molecule has 1 amide bonds. The summed E-state index contributed by atoms with van der Waals surface area (Å²) in [6.07, 6.45) is 2.10. The quantitative estimate of drug-likeness (QED) is 0.595. The predicted octanol–water partition coefficient (Wildman–Crippen LogP) is 2.53. The SMILES string of the molecule is COc1ccc(CCNC(=O)C2CCN(c3nc4ccccc4n(C)c3=O)CC2)cc1OC. The summed E-state index contributed by atoms with van der Waals surface area (Å²) in [6.45, 7) is 1.82. The number of aryl methyl sites for hydroxylation is 1. The van der Waals surface area contributed by atoms with E-state index in [0.29, 0.717) is 56.2 Å². The molecule has 4 rings (SSSR count). The second-order valence-electron chi connectivity index (χ2n) is 8.28. The molecule has 0 spiro atoms. The summed E-state index contributed by atoms with van der Waals surface area (Å²) in [5, 5.41) is 3.06. The molecule has 174 valence electrons. The first-order chi connectivity index (χ1) is 16.0. The van der Waals surface area contributed by atoms with E-state index in [0.717, 1.165) is 16.6 Å². The summed E-state index contributed by atoms with van der Waals surface area (Å²) in [5.74, 6) is 1.84. The smallest absolute Gasteiger partial charge is 0.293 e. The van der Waals surface area contributed by atoms with Gasteiger partial charge in [0.25, 0.3) is 5.56 Å². The number of para-hydroxylation sites is 2. The Bertz CT molecular complexity index is 1200. The van der Waals surface area contributed by atoms with Gasteiger partial charge < -0.3 is 24.3 Å². The topological polar surface area (TPSA) is 85.7 Å². The average molecular weight is 451 g/mol. The fourth-order valence-electron chi connectivity index (χ4n) is 4.33. The predicted molar refractivity (Wildman–Crippen MR) is 128 cm³/mol. The highest BCUT2D eigenvalue weighted by Crippen LogP contribution is 2.27. The van der Waals surface area contributed by atoms with Crippen molar-refractivity contribution in [2.24, 2.45) is 13.0 Å². The van der Waals surface area contributed by atoms with Gasteiger partial charge in [-0.1, -0.05) is 18.2 Å². The first kappa shape index (κ1) is 22.6. The van der Waals surface area contributed by atoms with Crippen molar-refractivity contribution >= 4 is 22.8 Å². The molecule has 1 fully saturated rings. The number of hydrogen-bond acceptors (Lipinski definition) is 6. The number of carbonyl (C=O) groups excluding carboxylic acids is 1. The van der Waals surface area contributed by atoms with Gasteiger partial charge in [-0.2, -0.15) is 0 Å². The molecule has 1 saturated heterocycles. The molecule has 0 bridgehead atoms. The summed E-state index contributed by atoms with van der Waals surface area (Å²) in [6, 6.07) is 13.4. The maximum atomic E-state index is 12.8. The van der Waals surface area contributed by atoms with Crippen LogP contribution in [0.2, 0.25) is 0 Å². The molecule has 33 heavy (non-hydrogen) atoms. The van der Waals surface area contributed by atoms with Crippen molar-refractivity contribution in [1.82, 2.24) is 14.9 Å². The van der Waals surface area contributed by atoms with Gasteiger partial charge in [0, 0.05) is 32.6 Å². The molecule has 0 radical (unpaired) electrons. The fraction of sp³-hybridized carbons (Fsp3) is 0.400. The number of benzene rings is 2. The highest BCUT2D eigenvalue weighted by atomic mass is 16.5. The molecule has 1 aliphatic heterocycles. The number of piperidine rings is 1. The minimum absolute atomic E-state index is 0.0593. The van der Waals surface area contributed by atoms with Crippen molar-refractivity contribution in [1.29, 1.82) is 0 Å². The zero-order chi connectivity index (χ0) is 23.4. The van der Waals surface area contributed by atoms with E-state index in [1.54, 1.807) is 25.8 Å². The Labute approximate surface area is 193 Å². The number of fused-ring (bicyclic) bond motifs is 1. The summed E-state index contributed by atoms with van der Waals surface area (Å²) in [4.78, 5) is 32.1. The van der Waals surface area contributed by atoms with E-state index in [4.69, 9.17) is 9.47 Å². The van der Waals surface area contributed by atoms with Crippen molar-refractivity contribution in [2.45, 2.75) is 19.3 Å². The number of methoxy groups -OCH3 is 2. The molecule has 0 atom stereocenters. The number of rotatable bonds is 7. The van der Waals surface area contributed by atoms with Crippen LogP contribution in [-0.4, -0.2) is 49.3 Å². The van der Waals surface area contributed by atoms with E-state index in [-0.39, 0.29) is 17.4 Å². The maximum absolute atomic E-state index is 12.8. The Hall–Kier alpha value is -3.55. The monoisotopic (exact) mass is 450 g/mol. The summed E-state index contributed by atoms with van der Waals surface area (Å²) in [7, 11) is 4.99. The summed E-state index contributed by atoms with van der Waals surface area (Å²) in [5.41, 5.74) is 2.58. The third-order valence-corrected chi connectivity index (χ3v) is 6.29. The molecule has 3 aromatic rings. The van der Waals surface area contributed by atoms with Crippen LogP contribution >= 0.6 is 0 Å². The number of anilines is 1. The van der Waals surface area contributed by atoms with E-state index >= 15 is 0 Å². The van der Waals surface area contributed by atoms with Crippen LogP contribution < -0.4 is 25.2 Å². The lowest BCUT2D eigenvalue weighted by Crippen LogP contribution is -2.43. The van der Waals surface area contributed by atoms with Crippen molar-refractivity contribution in [2.75, 3.05) is 38.8 Å². The van der Waals surface area contributed by atoms with Gasteiger partial charge in [-0.25, -0.2) is 4.98 Å². The van der Waals surface area contributed by atoms with Gasteiger partial charge in [-0.3, -0.25) is 9.59 Å². The summed E-state index contributed by atoms with van der Waals surface area (Å²) >= 11 is 0. The molecule has 8 heteroatoms. The van der Waals surface area contributed by atoms with Gasteiger partial charge in [-0.05, 0) is 49.1 Å². The Morgan fingerprint density at radius 1 is 1.09 bits per heavy atom. The number of aromatic nitrogens is 2. The van der Waals surface area contributed by atoms with Gasteiger partial charge in [0.15, 0.2) is 17.3 Å². The molecule has 1 aromatic heterocycles. The molecular weight excluding hydrogens is 420 g/mol. The zero-order valence-electron chi connectivity index (χ0n) is 19.3. The van der Waals surface area contributed by atoms with E-state index in [1.165, 1.54) is 0 Å². The molecule has 2 aromatic carbocycles. The number of hydrogen-bond donors (Lipinski definition) is 1. The largest absolute Gasteiger partial charge is 0.493 e. The molecule has 8 nitrogen and oxygen atoms in total. The van der Waals surface area contributed by atoms with Crippen molar-refractivity contribution < 1.29 is 14.3 Å². The van der Waals surface area contributed by atoms with Crippen LogP contribution in [0, 0.1) is 5.92 Å². The van der Waals surface area contributed by atoms with Crippen LogP contribution in [0.25, 0.3) is 11.0 Å². The molecule has 2 heterocycles. The Balaban J connectivity index is 1.32. The molecule has 1 N–H and O–H groups in total. The number of carbonyl (C=O) groups is 1. The van der Waals surface area contributed by atoms with E-state index in [2.05, 4.69) is 10.3 Å². The Morgan fingerprint density at radius 2 is 1.82 bits per heavy atom. The average Bonchev–Trinajstić information content (AvgIpc) is 2.86. The number of nitrogens with zero attached hydrogens (tertiary/aromatic N) is 3. The van der Waals surface area contributed by atoms with Crippen LogP contribution in [0.5, 0.6) is 11.5 Å². The first-order valence-corrected chi connectivity index (χ1v) is 11.2. The molecular formula is C25H30N4O4. The van der Waals surface area contributed by atoms with E-state index in [9.17, 15) is 9.59 Å². The standard InChI is InChI=1S/C25H30N4O4/c1-28-20-7-5-4-6-19(20)27-23(25(28)31)29-14-11-18(12-15-29)24(30)26-13-10-17-8-9-21(32-2)22(16-17)33-3/h4-9,16,18H,10-15H2,1-3H3,(H,26,30). The minimum atomic E-state index is -0.105. The molecule has 0 saturated carbocycles. The van der Waals surface area contributed by atoms with Crippen LogP contribution in [0.1, 0.15) is 18.4 Å².